The predicted octanol–water partition coefficient (Wildman–Crippen LogP) is 3.86. The highest BCUT2D eigenvalue weighted by molar-refractivity contribution is 5.76. The monoisotopic (exact) mass is 245 g/mol. The van der Waals surface area contributed by atoms with Crippen LogP contribution in [0, 0.1) is 5.92 Å². The first-order valence-electron chi connectivity index (χ1n) is 6.60. The molecule has 1 unspecified atom stereocenters. The number of hydrogen-bond donors (Lipinski definition) is 1. The number of benzene rings is 1. The Kier molecular flexibility index (Phi) is 6.20. The van der Waals surface area contributed by atoms with Crippen LogP contribution in [0.3, 0.4) is 0 Å². The molecule has 98 valence electrons. The molecule has 0 heterocycles. The van der Waals surface area contributed by atoms with Crippen LogP contribution in [0.15, 0.2) is 42.5 Å². The summed E-state index contributed by atoms with van der Waals surface area (Å²) >= 11 is 0. The molecule has 0 aliphatic rings. The molecule has 0 aromatic heterocycles. The molecule has 18 heavy (non-hydrogen) atoms. The second-order valence-electron chi connectivity index (χ2n) is 4.91. The normalized spacial score (nSPS) is 12.9. The summed E-state index contributed by atoms with van der Waals surface area (Å²) in [5.41, 5.74) is 1.14. The third-order valence-corrected chi connectivity index (χ3v) is 2.74. The topological polar surface area (TPSA) is 29.1 Å². The molecule has 0 aliphatic heterocycles. The van der Waals surface area contributed by atoms with Crippen LogP contribution in [0.1, 0.15) is 45.2 Å². The number of allylic oxidation sites excluding steroid dienone is 2. The Hall–Kier alpha value is -1.57. The van der Waals surface area contributed by atoms with E-state index in [9.17, 15) is 4.79 Å². The first-order chi connectivity index (χ1) is 8.59. The molecule has 1 N–H and O–H groups in total. The van der Waals surface area contributed by atoms with E-state index in [1.165, 1.54) is 0 Å². The van der Waals surface area contributed by atoms with E-state index < -0.39 is 0 Å². The van der Waals surface area contributed by atoms with Gasteiger partial charge in [-0.3, -0.25) is 4.79 Å². The Balaban J connectivity index is 2.32. The summed E-state index contributed by atoms with van der Waals surface area (Å²) in [6.45, 7) is 6.28. The summed E-state index contributed by atoms with van der Waals surface area (Å²) in [6, 6.07) is 10.1. The predicted molar refractivity (Wildman–Crippen MR) is 76.2 cm³/mol. The van der Waals surface area contributed by atoms with Crippen molar-refractivity contribution in [2.24, 2.45) is 5.92 Å². The quantitative estimate of drug-likeness (QED) is 0.758. The molecule has 1 aromatic carbocycles. The molecule has 0 saturated heterocycles. The largest absolute Gasteiger partial charge is 0.350 e. The maximum Gasteiger partial charge on any atom is 0.220 e. The van der Waals surface area contributed by atoms with Gasteiger partial charge in [0.2, 0.25) is 5.91 Å². The van der Waals surface area contributed by atoms with E-state index in [1.807, 2.05) is 37.3 Å². The first-order valence-corrected chi connectivity index (χ1v) is 6.60. The molecule has 0 fully saturated rings. The van der Waals surface area contributed by atoms with Crippen molar-refractivity contribution in [3.8, 4) is 0 Å². The van der Waals surface area contributed by atoms with Crippen molar-refractivity contribution in [1.29, 1.82) is 0 Å². The second-order valence-corrected chi connectivity index (χ2v) is 4.91. The Morgan fingerprint density at radius 2 is 1.89 bits per heavy atom. The zero-order valence-electron chi connectivity index (χ0n) is 11.5. The zero-order valence-corrected chi connectivity index (χ0v) is 11.5. The van der Waals surface area contributed by atoms with Gasteiger partial charge in [-0.2, -0.15) is 0 Å². The van der Waals surface area contributed by atoms with Gasteiger partial charge in [-0.1, -0.05) is 56.3 Å². The summed E-state index contributed by atoms with van der Waals surface area (Å²) in [7, 11) is 0. The summed E-state index contributed by atoms with van der Waals surface area (Å²) in [5.74, 6) is 0.663. The van der Waals surface area contributed by atoms with E-state index in [4.69, 9.17) is 0 Å². The van der Waals surface area contributed by atoms with E-state index in [0.29, 0.717) is 12.3 Å². The van der Waals surface area contributed by atoms with Gasteiger partial charge in [0.25, 0.3) is 0 Å². The molecular formula is C16H23NO. The fourth-order valence-electron chi connectivity index (χ4n) is 1.72. The molecule has 1 amide bonds. The highest BCUT2D eigenvalue weighted by Gasteiger charge is 2.07. The van der Waals surface area contributed by atoms with Crippen LogP contribution in [0.5, 0.6) is 0 Å². The highest BCUT2D eigenvalue weighted by atomic mass is 16.1. The van der Waals surface area contributed by atoms with E-state index >= 15 is 0 Å². The Morgan fingerprint density at radius 1 is 1.22 bits per heavy atom. The van der Waals surface area contributed by atoms with Gasteiger partial charge in [-0.25, -0.2) is 0 Å². The molecule has 2 nitrogen and oxygen atoms in total. The number of carbonyl (C=O) groups is 1. The van der Waals surface area contributed by atoms with Crippen LogP contribution in [-0.4, -0.2) is 5.91 Å². The van der Waals surface area contributed by atoms with Gasteiger partial charge in [0.1, 0.15) is 0 Å². The summed E-state index contributed by atoms with van der Waals surface area (Å²) in [6.07, 6.45) is 5.58. The molecule has 0 saturated carbocycles. The maximum atomic E-state index is 11.7. The lowest BCUT2D eigenvalue weighted by molar-refractivity contribution is -0.121. The van der Waals surface area contributed by atoms with Gasteiger partial charge >= 0.3 is 0 Å². The number of hydrogen-bond acceptors (Lipinski definition) is 1. The Labute approximate surface area is 110 Å². The van der Waals surface area contributed by atoms with Crippen LogP contribution in [0.25, 0.3) is 0 Å². The van der Waals surface area contributed by atoms with Crippen molar-refractivity contribution in [3.05, 3.63) is 48.0 Å². The number of nitrogens with one attached hydrogen (secondary N) is 1. The van der Waals surface area contributed by atoms with Crippen LogP contribution in [0.2, 0.25) is 0 Å². The second kappa shape index (κ2) is 7.70. The van der Waals surface area contributed by atoms with E-state index in [-0.39, 0.29) is 11.9 Å². The van der Waals surface area contributed by atoms with Crippen molar-refractivity contribution >= 4 is 5.91 Å². The lowest BCUT2D eigenvalue weighted by atomic mass is 10.1. The van der Waals surface area contributed by atoms with Crippen molar-refractivity contribution in [2.75, 3.05) is 0 Å². The fourth-order valence-corrected chi connectivity index (χ4v) is 1.72. The summed E-state index contributed by atoms with van der Waals surface area (Å²) < 4.78 is 0. The molecule has 0 spiro atoms. The molecule has 0 aliphatic carbocycles. The van der Waals surface area contributed by atoms with Crippen molar-refractivity contribution < 1.29 is 4.79 Å². The van der Waals surface area contributed by atoms with Gasteiger partial charge in [0.15, 0.2) is 0 Å². The van der Waals surface area contributed by atoms with Crippen molar-refractivity contribution in [1.82, 2.24) is 5.32 Å². The van der Waals surface area contributed by atoms with Crippen molar-refractivity contribution in [3.63, 3.8) is 0 Å². The molecule has 1 atom stereocenters. The number of carbonyl (C=O) groups excluding carboxylic acids is 1. The van der Waals surface area contributed by atoms with Gasteiger partial charge in [0, 0.05) is 6.42 Å². The van der Waals surface area contributed by atoms with Gasteiger partial charge < -0.3 is 5.32 Å². The van der Waals surface area contributed by atoms with Crippen LogP contribution >= 0.6 is 0 Å². The maximum absolute atomic E-state index is 11.7. The number of amides is 1. The molecule has 2 heteroatoms. The first kappa shape index (κ1) is 14.5. The molecular weight excluding hydrogens is 222 g/mol. The third-order valence-electron chi connectivity index (χ3n) is 2.74. The third kappa shape index (κ3) is 5.67. The van der Waals surface area contributed by atoms with Gasteiger partial charge in [-0.05, 0) is 24.8 Å². The molecule has 1 rings (SSSR count). The molecule has 0 radical (unpaired) electrons. The standard InChI is InChI=1S/C16H23NO/c1-13(2)9-7-8-12-16(18)17-14(3)15-10-5-4-6-11-15/h4-7,9-11,13-14H,8,12H2,1-3H3,(H,17,18)/b9-7-. The highest BCUT2D eigenvalue weighted by Crippen LogP contribution is 2.11. The smallest absolute Gasteiger partial charge is 0.220 e. The minimum Gasteiger partial charge on any atom is -0.350 e. The summed E-state index contributed by atoms with van der Waals surface area (Å²) in [4.78, 5) is 11.7. The fraction of sp³-hybridized carbons (Fsp3) is 0.438. The lowest BCUT2D eigenvalue weighted by Crippen LogP contribution is -2.26. The Morgan fingerprint density at radius 3 is 2.50 bits per heavy atom. The zero-order chi connectivity index (χ0) is 13.4. The van der Waals surface area contributed by atoms with E-state index in [2.05, 4.69) is 31.3 Å². The van der Waals surface area contributed by atoms with Crippen LogP contribution in [0.4, 0.5) is 0 Å². The van der Waals surface area contributed by atoms with Crippen LogP contribution in [-0.2, 0) is 4.79 Å². The average molecular weight is 245 g/mol. The average Bonchev–Trinajstić information content (AvgIpc) is 2.35. The van der Waals surface area contributed by atoms with Crippen molar-refractivity contribution in [2.45, 2.75) is 39.7 Å². The Bertz CT molecular complexity index is 381. The molecule has 1 aromatic rings. The van der Waals surface area contributed by atoms with E-state index in [1.54, 1.807) is 0 Å². The SMILES string of the molecule is CC(C)/C=C\CCC(=O)NC(C)c1ccccc1. The van der Waals surface area contributed by atoms with Crippen LogP contribution < -0.4 is 5.32 Å². The minimum absolute atomic E-state index is 0.0766. The van der Waals surface area contributed by atoms with Gasteiger partial charge in [-0.15, -0.1) is 0 Å². The molecule has 0 bridgehead atoms. The number of rotatable bonds is 6. The lowest BCUT2D eigenvalue weighted by Gasteiger charge is -2.13. The van der Waals surface area contributed by atoms with E-state index in [0.717, 1.165) is 12.0 Å². The minimum atomic E-state index is 0.0766. The van der Waals surface area contributed by atoms with Gasteiger partial charge in [0.05, 0.1) is 6.04 Å². The summed E-state index contributed by atoms with van der Waals surface area (Å²) in [5, 5.41) is 3.01.